The molecule has 6 heteroatoms. The normalized spacial score (nSPS) is 10.7. The number of rotatable bonds is 4. The van der Waals surface area contributed by atoms with Crippen molar-refractivity contribution in [2.75, 3.05) is 0 Å². The van der Waals surface area contributed by atoms with E-state index in [2.05, 4.69) is 10.2 Å². The van der Waals surface area contributed by atoms with Gasteiger partial charge in [-0.25, -0.2) is 4.79 Å². The molecule has 0 aliphatic carbocycles. The molecular formula is C15H13N3O3. The molecule has 0 spiro atoms. The molecule has 0 atom stereocenters. The van der Waals surface area contributed by atoms with Gasteiger partial charge in [-0.2, -0.15) is 0 Å². The number of hydrogen-bond donors (Lipinski definition) is 1. The zero-order chi connectivity index (χ0) is 14.8. The lowest BCUT2D eigenvalue weighted by atomic mass is 10.2. The maximum absolute atomic E-state index is 10.9. The summed E-state index contributed by atoms with van der Waals surface area (Å²) >= 11 is 0. The number of benzene rings is 1. The zero-order valence-corrected chi connectivity index (χ0v) is 11.4. The van der Waals surface area contributed by atoms with Crippen molar-refractivity contribution in [1.82, 2.24) is 14.6 Å². The maximum atomic E-state index is 10.9. The minimum Gasteiger partial charge on any atom is -0.486 e. The highest BCUT2D eigenvalue weighted by molar-refractivity contribution is 5.88. The largest absolute Gasteiger partial charge is 0.486 e. The highest BCUT2D eigenvalue weighted by Gasteiger charge is 2.09. The monoisotopic (exact) mass is 283 g/mol. The van der Waals surface area contributed by atoms with E-state index in [0.29, 0.717) is 11.5 Å². The Labute approximate surface area is 120 Å². The van der Waals surface area contributed by atoms with Crippen LogP contribution in [0.2, 0.25) is 0 Å². The molecule has 1 aromatic carbocycles. The minimum absolute atomic E-state index is 0.182. The molecule has 0 radical (unpaired) electrons. The number of aromatic nitrogens is 3. The molecular weight excluding hydrogens is 270 g/mol. The zero-order valence-electron chi connectivity index (χ0n) is 11.4. The first-order chi connectivity index (χ1) is 10.1. The van der Waals surface area contributed by atoms with Crippen LogP contribution in [0, 0.1) is 6.92 Å². The molecule has 2 aromatic heterocycles. The van der Waals surface area contributed by atoms with E-state index in [4.69, 9.17) is 9.84 Å². The molecule has 21 heavy (non-hydrogen) atoms. The first-order valence-electron chi connectivity index (χ1n) is 6.40. The standard InChI is InChI=1S/C15H13N3O3/c1-10-3-2-4-12(7-10)21-9-14-17-16-13-8-11(15(19)20)5-6-18(13)14/h2-8H,9H2,1H3,(H,19,20). The average Bonchev–Trinajstić information content (AvgIpc) is 2.87. The topological polar surface area (TPSA) is 76.7 Å². The Balaban J connectivity index is 1.83. The van der Waals surface area contributed by atoms with Crippen molar-refractivity contribution in [2.24, 2.45) is 0 Å². The lowest BCUT2D eigenvalue weighted by molar-refractivity contribution is 0.0697. The van der Waals surface area contributed by atoms with Gasteiger partial charge in [-0.05, 0) is 36.8 Å². The molecule has 0 amide bonds. The van der Waals surface area contributed by atoms with Crippen LogP contribution in [0.25, 0.3) is 5.65 Å². The van der Waals surface area contributed by atoms with E-state index in [1.54, 1.807) is 10.6 Å². The first kappa shape index (κ1) is 13.1. The molecule has 3 aromatic rings. The van der Waals surface area contributed by atoms with Gasteiger partial charge in [0, 0.05) is 6.20 Å². The van der Waals surface area contributed by atoms with Crippen LogP contribution in [0.4, 0.5) is 0 Å². The molecule has 3 rings (SSSR count). The molecule has 0 unspecified atom stereocenters. The Hall–Kier alpha value is -2.89. The van der Waals surface area contributed by atoms with Crippen LogP contribution in [0.5, 0.6) is 5.75 Å². The summed E-state index contributed by atoms with van der Waals surface area (Å²) in [5.41, 5.74) is 1.78. The Morgan fingerprint density at radius 3 is 2.90 bits per heavy atom. The quantitative estimate of drug-likeness (QED) is 0.795. The molecule has 0 saturated carbocycles. The fourth-order valence-corrected chi connectivity index (χ4v) is 2.02. The van der Waals surface area contributed by atoms with E-state index in [-0.39, 0.29) is 12.2 Å². The summed E-state index contributed by atoms with van der Waals surface area (Å²) in [4.78, 5) is 10.9. The SMILES string of the molecule is Cc1cccc(OCc2nnc3cc(C(=O)O)ccn23)c1. The maximum Gasteiger partial charge on any atom is 0.335 e. The number of aromatic carboxylic acids is 1. The number of pyridine rings is 1. The summed E-state index contributed by atoms with van der Waals surface area (Å²) in [6.07, 6.45) is 1.63. The molecule has 106 valence electrons. The van der Waals surface area contributed by atoms with E-state index in [1.165, 1.54) is 12.1 Å². The number of carboxylic acids is 1. The fourth-order valence-electron chi connectivity index (χ4n) is 2.02. The molecule has 1 N–H and O–H groups in total. The summed E-state index contributed by atoms with van der Waals surface area (Å²) in [7, 11) is 0. The second-order valence-corrected chi connectivity index (χ2v) is 4.67. The highest BCUT2D eigenvalue weighted by atomic mass is 16.5. The first-order valence-corrected chi connectivity index (χ1v) is 6.40. The van der Waals surface area contributed by atoms with Crippen molar-refractivity contribution >= 4 is 11.6 Å². The van der Waals surface area contributed by atoms with Crippen molar-refractivity contribution in [3.05, 3.63) is 59.5 Å². The van der Waals surface area contributed by atoms with Gasteiger partial charge in [0.15, 0.2) is 11.5 Å². The predicted molar refractivity (Wildman–Crippen MR) is 75.5 cm³/mol. The van der Waals surface area contributed by atoms with Crippen LogP contribution in [0.3, 0.4) is 0 Å². The van der Waals surface area contributed by atoms with Gasteiger partial charge in [0.2, 0.25) is 0 Å². The van der Waals surface area contributed by atoms with Crippen molar-refractivity contribution in [3.63, 3.8) is 0 Å². The number of fused-ring (bicyclic) bond motifs is 1. The van der Waals surface area contributed by atoms with Crippen LogP contribution in [-0.2, 0) is 6.61 Å². The minimum atomic E-state index is -0.988. The van der Waals surface area contributed by atoms with Crippen molar-refractivity contribution < 1.29 is 14.6 Å². The third-order valence-electron chi connectivity index (χ3n) is 3.08. The van der Waals surface area contributed by atoms with Crippen LogP contribution < -0.4 is 4.74 Å². The van der Waals surface area contributed by atoms with Gasteiger partial charge in [-0.15, -0.1) is 10.2 Å². The fraction of sp³-hybridized carbons (Fsp3) is 0.133. The van der Waals surface area contributed by atoms with E-state index in [1.807, 2.05) is 31.2 Å². The number of aryl methyl sites for hydroxylation is 1. The summed E-state index contributed by atoms with van der Waals surface area (Å²) in [6.45, 7) is 2.25. The van der Waals surface area contributed by atoms with Gasteiger partial charge >= 0.3 is 5.97 Å². The van der Waals surface area contributed by atoms with E-state index in [0.717, 1.165) is 11.3 Å². The lowest BCUT2D eigenvalue weighted by Gasteiger charge is -2.05. The summed E-state index contributed by atoms with van der Waals surface area (Å²) in [5.74, 6) is 0.385. The smallest absolute Gasteiger partial charge is 0.335 e. The molecule has 0 aliphatic heterocycles. The van der Waals surface area contributed by atoms with Crippen LogP contribution in [-0.4, -0.2) is 25.7 Å². The average molecular weight is 283 g/mol. The number of carboxylic acid groups (broad SMARTS) is 1. The van der Waals surface area contributed by atoms with Crippen molar-refractivity contribution in [1.29, 1.82) is 0 Å². The van der Waals surface area contributed by atoms with Crippen molar-refractivity contribution in [2.45, 2.75) is 13.5 Å². The Kier molecular flexibility index (Phi) is 3.27. The molecule has 0 bridgehead atoms. The number of ether oxygens (including phenoxy) is 1. The van der Waals surface area contributed by atoms with E-state index < -0.39 is 5.97 Å². The third-order valence-corrected chi connectivity index (χ3v) is 3.08. The van der Waals surface area contributed by atoms with E-state index in [9.17, 15) is 4.79 Å². The second kappa shape index (κ2) is 5.24. The third kappa shape index (κ3) is 2.69. The second-order valence-electron chi connectivity index (χ2n) is 4.67. The van der Waals surface area contributed by atoms with Gasteiger partial charge in [-0.1, -0.05) is 12.1 Å². The molecule has 0 aliphatic rings. The molecule has 6 nitrogen and oxygen atoms in total. The van der Waals surface area contributed by atoms with Gasteiger partial charge in [0.1, 0.15) is 12.4 Å². The molecule has 2 heterocycles. The van der Waals surface area contributed by atoms with Gasteiger partial charge in [-0.3, -0.25) is 4.40 Å². The highest BCUT2D eigenvalue weighted by Crippen LogP contribution is 2.15. The van der Waals surface area contributed by atoms with Gasteiger partial charge in [0.05, 0.1) is 5.56 Å². The van der Waals surface area contributed by atoms with Gasteiger partial charge in [0.25, 0.3) is 0 Å². The Morgan fingerprint density at radius 2 is 2.14 bits per heavy atom. The number of nitrogens with zero attached hydrogens (tertiary/aromatic N) is 3. The summed E-state index contributed by atoms with van der Waals surface area (Å²) in [5, 5.41) is 16.9. The van der Waals surface area contributed by atoms with Crippen LogP contribution in [0.15, 0.2) is 42.6 Å². The number of carbonyl (C=O) groups is 1. The Bertz CT molecular complexity index is 811. The Morgan fingerprint density at radius 1 is 1.29 bits per heavy atom. The molecule has 0 fully saturated rings. The summed E-state index contributed by atoms with van der Waals surface area (Å²) in [6, 6.07) is 10.7. The molecule has 0 saturated heterocycles. The van der Waals surface area contributed by atoms with Crippen molar-refractivity contribution in [3.8, 4) is 5.75 Å². The predicted octanol–water partition coefficient (Wildman–Crippen LogP) is 2.31. The van der Waals surface area contributed by atoms with Crippen LogP contribution in [0.1, 0.15) is 21.7 Å². The lowest BCUT2D eigenvalue weighted by Crippen LogP contribution is -2.03. The van der Waals surface area contributed by atoms with E-state index >= 15 is 0 Å². The van der Waals surface area contributed by atoms with Crippen LogP contribution >= 0.6 is 0 Å². The number of hydrogen-bond acceptors (Lipinski definition) is 4. The van der Waals surface area contributed by atoms with Gasteiger partial charge < -0.3 is 9.84 Å². The summed E-state index contributed by atoms with van der Waals surface area (Å²) < 4.78 is 7.39.